The topological polar surface area (TPSA) is 81.2 Å². The molecule has 0 saturated carbocycles. The maximum Gasteiger partial charge on any atom is 0.251 e. The Morgan fingerprint density at radius 1 is 0.531 bits per heavy atom. The Morgan fingerprint density at radius 2 is 0.875 bits per heavy atom. The number of benzene rings is 1. The molecule has 4 fully saturated rings. The van der Waals surface area contributed by atoms with Crippen LogP contribution in [-0.2, 0) is 19.2 Å². The highest BCUT2D eigenvalue weighted by atomic mass is 16.2. The zero-order valence-electron chi connectivity index (χ0n) is 18.4. The van der Waals surface area contributed by atoms with Gasteiger partial charge in [0.15, 0.2) is 0 Å². The van der Waals surface area contributed by atoms with E-state index in [-0.39, 0.29) is 48.6 Å². The van der Waals surface area contributed by atoms with Gasteiger partial charge in [-0.05, 0) is 76.1 Å². The summed E-state index contributed by atoms with van der Waals surface area (Å²) in [6.07, 6.45) is 6.99. The normalized spacial score (nSPS) is 28.2. The van der Waals surface area contributed by atoms with Gasteiger partial charge in [-0.15, -0.1) is 0 Å². The molecule has 5 rings (SSSR count). The number of hydrogen-bond donors (Lipinski definition) is 0. The van der Waals surface area contributed by atoms with E-state index in [1.165, 1.54) is 22.6 Å². The predicted octanol–water partition coefficient (Wildman–Crippen LogP) is 1.92. The van der Waals surface area contributed by atoms with Crippen LogP contribution in [0.2, 0.25) is 0 Å². The highest BCUT2D eigenvalue weighted by Crippen LogP contribution is 2.31. The van der Waals surface area contributed by atoms with Crippen LogP contribution in [-0.4, -0.2) is 71.7 Å². The Labute approximate surface area is 188 Å². The summed E-state index contributed by atoms with van der Waals surface area (Å²) in [4.78, 5) is 58.1. The number of hydrogen-bond acceptors (Lipinski definition) is 6. The molecular weight excluding hydrogens is 408 g/mol. The monoisotopic (exact) mass is 438 g/mol. The summed E-state index contributed by atoms with van der Waals surface area (Å²) in [5, 5.41) is 0. The van der Waals surface area contributed by atoms with E-state index in [9.17, 15) is 19.2 Å². The third kappa shape index (κ3) is 3.75. The maximum absolute atomic E-state index is 13.0. The van der Waals surface area contributed by atoms with Crippen LogP contribution in [0.1, 0.15) is 51.4 Å². The van der Waals surface area contributed by atoms with Crippen LogP contribution in [0.25, 0.3) is 0 Å². The van der Waals surface area contributed by atoms with E-state index in [1.54, 1.807) is 24.3 Å². The SMILES string of the molecule is O=C1C[C@H](N2CCCCC2)C(=O)N1c1ccc(N2C(=O)C[C@H](N3CCCCC3)C2=O)cc1. The van der Waals surface area contributed by atoms with E-state index in [2.05, 4.69) is 9.80 Å². The number of anilines is 2. The van der Waals surface area contributed by atoms with Gasteiger partial charge in [-0.1, -0.05) is 12.8 Å². The largest absolute Gasteiger partial charge is 0.292 e. The summed E-state index contributed by atoms with van der Waals surface area (Å²) in [6.45, 7) is 3.42. The van der Waals surface area contributed by atoms with Crippen LogP contribution in [0.5, 0.6) is 0 Å². The molecule has 4 heterocycles. The molecule has 4 saturated heterocycles. The molecule has 1 aromatic rings. The van der Waals surface area contributed by atoms with Crippen molar-refractivity contribution in [3.63, 3.8) is 0 Å². The third-order valence-corrected chi connectivity index (χ3v) is 7.27. The van der Waals surface area contributed by atoms with Crippen LogP contribution in [0, 0.1) is 0 Å². The molecular formula is C24H30N4O4. The maximum atomic E-state index is 13.0. The Hall–Kier alpha value is -2.58. The molecule has 0 unspecified atom stereocenters. The van der Waals surface area contributed by atoms with Crippen molar-refractivity contribution in [1.82, 2.24) is 9.80 Å². The second-order valence-corrected chi connectivity index (χ2v) is 9.28. The molecule has 4 aliphatic rings. The first-order valence-corrected chi connectivity index (χ1v) is 11.9. The minimum absolute atomic E-state index is 0.178. The second kappa shape index (κ2) is 8.75. The van der Waals surface area contributed by atoms with Crippen molar-refractivity contribution in [1.29, 1.82) is 0 Å². The molecule has 4 amide bonds. The standard InChI is InChI=1S/C24H30N4O4/c29-21-15-19(25-11-3-1-4-12-25)23(31)27(21)17-7-9-18(10-8-17)28-22(30)16-20(24(28)32)26-13-5-2-6-14-26/h7-10,19-20H,1-6,11-16H2/t19-,20-/m0/s1. The van der Waals surface area contributed by atoms with E-state index in [4.69, 9.17) is 0 Å². The highest BCUT2D eigenvalue weighted by molar-refractivity contribution is 6.24. The van der Waals surface area contributed by atoms with Crippen molar-refractivity contribution in [2.45, 2.75) is 63.5 Å². The van der Waals surface area contributed by atoms with Crippen LogP contribution in [0.15, 0.2) is 24.3 Å². The van der Waals surface area contributed by atoms with Crippen molar-refractivity contribution in [3.8, 4) is 0 Å². The fourth-order valence-corrected chi connectivity index (χ4v) is 5.56. The zero-order chi connectivity index (χ0) is 22.2. The van der Waals surface area contributed by atoms with Crippen molar-refractivity contribution >= 4 is 35.0 Å². The number of amides is 4. The van der Waals surface area contributed by atoms with Crippen molar-refractivity contribution in [3.05, 3.63) is 24.3 Å². The zero-order valence-corrected chi connectivity index (χ0v) is 18.4. The fourth-order valence-electron chi connectivity index (χ4n) is 5.56. The second-order valence-electron chi connectivity index (χ2n) is 9.28. The summed E-state index contributed by atoms with van der Waals surface area (Å²) < 4.78 is 0. The average molecular weight is 439 g/mol. The molecule has 170 valence electrons. The molecule has 0 aliphatic carbocycles. The molecule has 2 atom stereocenters. The van der Waals surface area contributed by atoms with Gasteiger partial charge in [-0.25, -0.2) is 9.80 Å². The molecule has 32 heavy (non-hydrogen) atoms. The lowest BCUT2D eigenvalue weighted by Gasteiger charge is -2.30. The van der Waals surface area contributed by atoms with Crippen LogP contribution in [0.3, 0.4) is 0 Å². The fraction of sp³-hybridized carbons (Fsp3) is 0.583. The predicted molar refractivity (Wildman–Crippen MR) is 119 cm³/mol. The smallest absolute Gasteiger partial charge is 0.251 e. The lowest BCUT2D eigenvalue weighted by molar-refractivity contribution is -0.124. The number of nitrogens with zero attached hydrogens (tertiary/aromatic N) is 4. The van der Waals surface area contributed by atoms with E-state index >= 15 is 0 Å². The van der Waals surface area contributed by atoms with Crippen LogP contribution in [0.4, 0.5) is 11.4 Å². The van der Waals surface area contributed by atoms with Crippen molar-refractivity contribution in [2.75, 3.05) is 36.0 Å². The Morgan fingerprint density at radius 3 is 1.22 bits per heavy atom. The van der Waals surface area contributed by atoms with Gasteiger partial charge in [-0.3, -0.25) is 29.0 Å². The molecule has 0 aromatic heterocycles. The van der Waals surface area contributed by atoms with Crippen LogP contribution < -0.4 is 9.80 Å². The summed E-state index contributed by atoms with van der Waals surface area (Å²) >= 11 is 0. The van der Waals surface area contributed by atoms with E-state index in [0.717, 1.165) is 51.9 Å². The summed E-state index contributed by atoms with van der Waals surface area (Å²) in [7, 11) is 0. The minimum Gasteiger partial charge on any atom is -0.292 e. The highest BCUT2D eigenvalue weighted by Gasteiger charge is 2.44. The number of piperidine rings is 2. The summed E-state index contributed by atoms with van der Waals surface area (Å²) in [5.74, 6) is -0.750. The molecule has 4 aliphatic heterocycles. The van der Waals surface area contributed by atoms with Crippen LogP contribution >= 0.6 is 0 Å². The average Bonchev–Trinajstić information content (AvgIpc) is 3.29. The number of imide groups is 2. The van der Waals surface area contributed by atoms with E-state index < -0.39 is 0 Å². The van der Waals surface area contributed by atoms with Crippen molar-refractivity contribution in [2.24, 2.45) is 0 Å². The van der Waals surface area contributed by atoms with Gasteiger partial charge in [0.2, 0.25) is 11.8 Å². The van der Waals surface area contributed by atoms with Gasteiger partial charge in [0, 0.05) is 0 Å². The molecule has 0 bridgehead atoms. The molecule has 1 aromatic carbocycles. The van der Waals surface area contributed by atoms with Gasteiger partial charge in [-0.2, -0.15) is 0 Å². The number of rotatable bonds is 4. The van der Waals surface area contributed by atoms with Gasteiger partial charge in [0.25, 0.3) is 11.8 Å². The molecule has 0 spiro atoms. The first-order chi connectivity index (χ1) is 15.5. The summed E-state index contributed by atoms with van der Waals surface area (Å²) in [5.41, 5.74) is 0.991. The lowest BCUT2D eigenvalue weighted by Crippen LogP contribution is -2.44. The van der Waals surface area contributed by atoms with Gasteiger partial charge in [0.1, 0.15) is 0 Å². The quantitative estimate of drug-likeness (QED) is 0.668. The molecule has 8 heteroatoms. The molecule has 0 N–H and O–H groups in total. The Balaban J connectivity index is 1.31. The van der Waals surface area contributed by atoms with Crippen molar-refractivity contribution < 1.29 is 19.2 Å². The minimum atomic E-state index is -0.380. The van der Waals surface area contributed by atoms with Gasteiger partial charge >= 0.3 is 0 Å². The van der Waals surface area contributed by atoms with E-state index in [1.807, 2.05) is 0 Å². The number of carbonyl (C=O) groups is 4. The van der Waals surface area contributed by atoms with E-state index in [0.29, 0.717) is 11.4 Å². The molecule has 0 radical (unpaired) electrons. The number of likely N-dealkylation sites (tertiary alicyclic amines) is 2. The summed E-state index contributed by atoms with van der Waals surface area (Å²) in [6, 6.07) is 5.90. The lowest BCUT2D eigenvalue weighted by atomic mass is 10.1. The number of carbonyl (C=O) groups excluding carboxylic acids is 4. The molecule has 8 nitrogen and oxygen atoms in total. The Kier molecular flexibility index (Phi) is 5.82. The first-order valence-electron chi connectivity index (χ1n) is 11.9. The first kappa shape index (κ1) is 21.3. The third-order valence-electron chi connectivity index (χ3n) is 7.27. The van der Waals surface area contributed by atoms with Gasteiger partial charge < -0.3 is 0 Å². The van der Waals surface area contributed by atoms with Gasteiger partial charge in [0.05, 0.1) is 36.3 Å². The Bertz CT molecular complexity index is 843.